The van der Waals surface area contributed by atoms with E-state index < -0.39 is 0 Å². The van der Waals surface area contributed by atoms with Crippen LogP contribution in [-0.2, 0) is 16.1 Å². The summed E-state index contributed by atoms with van der Waals surface area (Å²) in [5, 5.41) is 2.84. The first kappa shape index (κ1) is 15.5. The molecule has 1 saturated heterocycles. The monoisotopic (exact) mass is 288 g/mol. The molecule has 2 rings (SSSR count). The van der Waals surface area contributed by atoms with Gasteiger partial charge in [0.2, 0.25) is 11.8 Å². The fourth-order valence-corrected chi connectivity index (χ4v) is 2.83. The van der Waals surface area contributed by atoms with E-state index in [0.29, 0.717) is 25.9 Å². The van der Waals surface area contributed by atoms with E-state index in [9.17, 15) is 9.59 Å². The number of aryl methyl sites for hydroxylation is 2. The van der Waals surface area contributed by atoms with Gasteiger partial charge in [0.15, 0.2) is 0 Å². The minimum atomic E-state index is -0.366. The lowest BCUT2D eigenvalue weighted by Crippen LogP contribution is -2.44. The van der Waals surface area contributed by atoms with E-state index >= 15 is 0 Å². The molecule has 0 saturated carbocycles. The van der Waals surface area contributed by atoms with Crippen molar-refractivity contribution >= 4 is 11.8 Å². The Morgan fingerprint density at radius 2 is 1.90 bits per heavy atom. The molecule has 1 N–H and O–H groups in total. The summed E-state index contributed by atoms with van der Waals surface area (Å²) in [7, 11) is 0. The van der Waals surface area contributed by atoms with E-state index in [4.69, 9.17) is 0 Å². The molecule has 0 bridgehead atoms. The highest BCUT2D eigenvalue weighted by Crippen LogP contribution is 2.18. The number of nitrogens with one attached hydrogen (secondary N) is 1. The first-order valence-corrected chi connectivity index (χ1v) is 7.66. The van der Waals surface area contributed by atoms with Crippen molar-refractivity contribution in [3.63, 3.8) is 0 Å². The van der Waals surface area contributed by atoms with Crippen LogP contribution in [0.25, 0.3) is 0 Å². The SMILES string of the molecule is CCCC1NC(=O)CCN(Cc2c(C)cccc2C)C1=O. The zero-order valence-electron chi connectivity index (χ0n) is 13.1. The van der Waals surface area contributed by atoms with E-state index in [-0.39, 0.29) is 17.9 Å². The molecule has 1 aliphatic heterocycles. The second-order valence-corrected chi connectivity index (χ2v) is 5.79. The summed E-state index contributed by atoms with van der Waals surface area (Å²) in [5.41, 5.74) is 3.58. The van der Waals surface area contributed by atoms with Gasteiger partial charge in [0.05, 0.1) is 0 Å². The third-order valence-corrected chi connectivity index (χ3v) is 4.12. The van der Waals surface area contributed by atoms with Crippen LogP contribution < -0.4 is 5.32 Å². The Bertz CT molecular complexity index is 519. The van der Waals surface area contributed by atoms with Crippen molar-refractivity contribution in [1.29, 1.82) is 0 Å². The van der Waals surface area contributed by atoms with Gasteiger partial charge in [-0.1, -0.05) is 31.5 Å². The van der Waals surface area contributed by atoms with Crippen molar-refractivity contribution < 1.29 is 9.59 Å². The standard InChI is InChI=1S/C17H24N2O2/c1-4-6-15-17(21)19(10-9-16(20)18-15)11-14-12(2)7-5-8-13(14)3/h5,7-8,15H,4,6,9-11H2,1-3H3,(H,18,20). The molecule has 4 heteroatoms. The smallest absolute Gasteiger partial charge is 0.245 e. The highest BCUT2D eigenvalue weighted by molar-refractivity contribution is 5.89. The lowest BCUT2D eigenvalue weighted by atomic mass is 10.0. The van der Waals surface area contributed by atoms with E-state index in [1.807, 2.05) is 17.9 Å². The van der Waals surface area contributed by atoms with Gasteiger partial charge in [-0.2, -0.15) is 0 Å². The van der Waals surface area contributed by atoms with Gasteiger partial charge in [0.1, 0.15) is 6.04 Å². The molecule has 1 atom stereocenters. The topological polar surface area (TPSA) is 49.4 Å². The van der Waals surface area contributed by atoms with E-state index in [1.165, 1.54) is 16.7 Å². The van der Waals surface area contributed by atoms with Gasteiger partial charge in [-0.3, -0.25) is 9.59 Å². The van der Waals surface area contributed by atoms with Crippen LogP contribution in [0, 0.1) is 13.8 Å². The fraction of sp³-hybridized carbons (Fsp3) is 0.529. The quantitative estimate of drug-likeness (QED) is 0.924. The average molecular weight is 288 g/mol. The van der Waals surface area contributed by atoms with Crippen molar-refractivity contribution in [2.24, 2.45) is 0 Å². The largest absolute Gasteiger partial charge is 0.344 e. The summed E-state index contributed by atoms with van der Waals surface area (Å²) in [6.45, 7) is 7.25. The van der Waals surface area contributed by atoms with Crippen LogP contribution in [0.4, 0.5) is 0 Å². The third-order valence-electron chi connectivity index (χ3n) is 4.12. The van der Waals surface area contributed by atoms with E-state index in [1.54, 1.807) is 0 Å². The molecule has 1 heterocycles. The van der Waals surface area contributed by atoms with Crippen molar-refractivity contribution in [3.05, 3.63) is 34.9 Å². The van der Waals surface area contributed by atoms with Crippen LogP contribution >= 0.6 is 0 Å². The fourth-order valence-electron chi connectivity index (χ4n) is 2.83. The molecule has 21 heavy (non-hydrogen) atoms. The highest BCUT2D eigenvalue weighted by atomic mass is 16.2. The Morgan fingerprint density at radius 1 is 1.24 bits per heavy atom. The molecule has 0 aromatic heterocycles. The summed E-state index contributed by atoms with van der Waals surface area (Å²) in [6, 6.07) is 5.80. The summed E-state index contributed by atoms with van der Waals surface area (Å²) in [4.78, 5) is 26.2. The lowest BCUT2D eigenvalue weighted by molar-refractivity contribution is -0.134. The number of nitrogens with zero attached hydrogens (tertiary/aromatic N) is 1. The summed E-state index contributed by atoms with van der Waals surface area (Å²) in [6.07, 6.45) is 1.97. The molecule has 1 fully saturated rings. The van der Waals surface area contributed by atoms with Crippen molar-refractivity contribution in [2.75, 3.05) is 6.54 Å². The van der Waals surface area contributed by atoms with E-state index in [0.717, 1.165) is 6.42 Å². The second kappa shape index (κ2) is 6.74. The molecule has 2 amide bonds. The zero-order valence-corrected chi connectivity index (χ0v) is 13.1. The molecule has 4 nitrogen and oxygen atoms in total. The molecule has 1 unspecified atom stereocenters. The Hall–Kier alpha value is -1.84. The average Bonchev–Trinajstić information content (AvgIpc) is 2.56. The molecule has 1 aromatic rings. The number of carbonyl (C=O) groups is 2. The molecule has 1 aromatic carbocycles. The Labute approximate surface area is 126 Å². The van der Waals surface area contributed by atoms with Crippen LogP contribution in [-0.4, -0.2) is 29.3 Å². The number of rotatable bonds is 4. The molecule has 0 spiro atoms. The first-order valence-electron chi connectivity index (χ1n) is 7.66. The molecule has 0 aliphatic carbocycles. The van der Waals surface area contributed by atoms with Gasteiger partial charge < -0.3 is 10.2 Å². The molecule has 114 valence electrons. The van der Waals surface area contributed by atoms with Gasteiger partial charge in [-0.25, -0.2) is 0 Å². The number of carbonyl (C=O) groups excluding carboxylic acids is 2. The van der Waals surface area contributed by atoms with E-state index in [2.05, 4.69) is 31.3 Å². The van der Waals surface area contributed by atoms with Gasteiger partial charge in [0, 0.05) is 19.5 Å². The summed E-state index contributed by atoms with van der Waals surface area (Å²) >= 11 is 0. The van der Waals surface area contributed by atoms with Gasteiger partial charge in [-0.05, 0) is 37.0 Å². The third kappa shape index (κ3) is 3.63. The maximum Gasteiger partial charge on any atom is 0.245 e. The maximum atomic E-state index is 12.6. The number of hydrogen-bond acceptors (Lipinski definition) is 2. The molecular weight excluding hydrogens is 264 g/mol. The minimum absolute atomic E-state index is 0.0224. The predicted octanol–water partition coefficient (Wildman–Crippen LogP) is 2.32. The van der Waals surface area contributed by atoms with Crippen LogP contribution in [0.5, 0.6) is 0 Å². The summed E-state index contributed by atoms with van der Waals surface area (Å²) in [5.74, 6) is 0.0242. The zero-order chi connectivity index (χ0) is 15.4. The molecule has 1 aliphatic rings. The van der Waals surface area contributed by atoms with Gasteiger partial charge in [-0.15, -0.1) is 0 Å². The Balaban J connectivity index is 2.21. The summed E-state index contributed by atoms with van der Waals surface area (Å²) < 4.78 is 0. The van der Waals surface area contributed by atoms with Gasteiger partial charge >= 0.3 is 0 Å². The lowest BCUT2D eigenvalue weighted by Gasteiger charge is -2.25. The molecule has 0 radical (unpaired) electrons. The maximum absolute atomic E-state index is 12.6. The van der Waals surface area contributed by atoms with Crippen LogP contribution in [0.2, 0.25) is 0 Å². The van der Waals surface area contributed by atoms with Crippen molar-refractivity contribution in [2.45, 2.75) is 52.6 Å². The highest BCUT2D eigenvalue weighted by Gasteiger charge is 2.29. The Kier molecular flexibility index (Phi) is 4.99. The number of benzene rings is 1. The normalized spacial score (nSPS) is 19.4. The first-order chi connectivity index (χ1) is 10.0. The van der Waals surface area contributed by atoms with Crippen LogP contribution in [0.1, 0.15) is 42.9 Å². The van der Waals surface area contributed by atoms with Crippen LogP contribution in [0.3, 0.4) is 0 Å². The minimum Gasteiger partial charge on any atom is -0.344 e. The molecular formula is C17H24N2O2. The van der Waals surface area contributed by atoms with Crippen molar-refractivity contribution in [1.82, 2.24) is 10.2 Å². The number of amides is 2. The second-order valence-electron chi connectivity index (χ2n) is 5.79. The Morgan fingerprint density at radius 3 is 2.52 bits per heavy atom. The number of hydrogen-bond donors (Lipinski definition) is 1. The van der Waals surface area contributed by atoms with Gasteiger partial charge in [0.25, 0.3) is 0 Å². The van der Waals surface area contributed by atoms with Crippen molar-refractivity contribution in [3.8, 4) is 0 Å². The van der Waals surface area contributed by atoms with Crippen LogP contribution in [0.15, 0.2) is 18.2 Å². The predicted molar refractivity (Wildman–Crippen MR) is 82.8 cm³/mol.